The van der Waals surface area contributed by atoms with E-state index in [2.05, 4.69) is 63.3 Å². The molecule has 154 valence electrons. The maximum absolute atomic E-state index is 10.6. The number of rotatable bonds is 9. The van der Waals surface area contributed by atoms with E-state index >= 15 is 0 Å². The molecular formula is C25H24BrNO3. The lowest BCUT2D eigenvalue weighted by atomic mass is 10.0. The number of halogens is 1. The summed E-state index contributed by atoms with van der Waals surface area (Å²) in [6, 6.07) is 26.2. The van der Waals surface area contributed by atoms with Crippen LogP contribution in [0.2, 0.25) is 0 Å². The van der Waals surface area contributed by atoms with Gasteiger partial charge < -0.3 is 14.3 Å². The second kappa shape index (κ2) is 9.94. The van der Waals surface area contributed by atoms with Gasteiger partial charge in [-0.3, -0.25) is 4.90 Å². The van der Waals surface area contributed by atoms with Crippen LogP contribution in [0.15, 0.2) is 94.0 Å². The molecule has 0 amide bonds. The third kappa shape index (κ3) is 5.51. The predicted molar refractivity (Wildman–Crippen MR) is 122 cm³/mol. The maximum Gasteiger partial charge on any atom is 0.119 e. The van der Waals surface area contributed by atoms with Crippen LogP contribution in [-0.2, 0) is 13.1 Å². The summed E-state index contributed by atoms with van der Waals surface area (Å²) in [4.78, 5) is 2.19. The van der Waals surface area contributed by atoms with Crippen LogP contribution in [0.3, 0.4) is 0 Å². The minimum absolute atomic E-state index is 0.228. The summed E-state index contributed by atoms with van der Waals surface area (Å²) in [6.07, 6.45) is 1.05. The fraction of sp³-hybridized carbons (Fsp3) is 0.200. The molecule has 0 radical (unpaired) electrons. The quantitative estimate of drug-likeness (QED) is 0.347. The maximum atomic E-state index is 10.6. The highest BCUT2D eigenvalue weighted by atomic mass is 79.9. The first kappa shape index (κ1) is 20.7. The minimum Gasteiger partial charge on any atom is -0.491 e. The summed E-state index contributed by atoms with van der Waals surface area (Å²) in [5.74, 6) is 1.61. The largest absolute Gasteiger partial charge is 0.491 e. The zero-order chi connectivity index (χ0) is 20.8. The molecule has 4 aromatic rings. The van der Waals surface area contributed by atoms with E-state index in [1.54, 1.807) is 6.26 Å². The van der Waals surface area contributed by atoms with E-state index in [0.29, 0.717) is 19.6 Å². The highest BCUT2D eigenvalue weighted by Gasteiger charge is 2.16. The highest BCUT2D eigenvalue weighted by molar-refractivity contribution is 9.10. The Bertz CT molecular complexity index is 1060. The number of hydrogen-bond donors (Lipinski definition) is 1. The van der Waals surface area contributed by atoms with Crippen molar-refractivity contribution in [2.75, 3.05) is 13.2 Å². The van der Waals surface area contributed by atoms with Gasteiger partial charge in [0.05, 0.1) is 12.8 Å². The van der Waals surface area contributed by atoms with Gasteiger partial charge in [-0.2, -0.15) is 0 Å². The van der Waals surface area contributed by atoms with Crippen molar-refractivity contribution in [2.24, 2.45) is 0 Å². The third-order valence-electron chi connectivity index (χ3n) is 4.96. The number of benzene rings is 3. The molecule has 1 atom stereocenters. The first-order valence-corrected chi connectivity index (χ1v) is 10.7. The highest BCUT2D eigenvalue weighted by Crippen LogP contribution is 2.21. The fourth-order valence-corrected chi connectivity index (χ4v) is 3.82. The predicted octanol–water partition coefficient (Wildman–Crippen LogP) is 5.64. The lowest BCUT2D eigenvalue weighted by molar-refractivity contribution is 0.0606. The van der Waals surface area contributed by atoms with Gasteiger partial charge in [-0.25, -0.2) is 0 Å². The summed E-state index contributed by atoms with van der Waals surface area (Å²) in [5, 5.41) is 13.1. The molecule has 0 fully saturated rings. The SMILES string of the molecule is OC(COc1ccc(Br)cc1)CN(Cc1ccco1)Cc1cccc2ccccc12. The van der Waals surface area contributed by atoms with Crippen molar-refractivity contribution >= 4 is 26.7 Å². The monoisotopic (exact) mass is 465 g/mol. The molecule has 0 saturated carbocycles. The van der Waals surface area contributed by atoms with Gasteiger partial charge in [-0.05, 0) is 52.7 Å². The van der Waals surface area contributed by atoms with Crippen LogP contribution in [-0.4, -0.2) is 29.3 Å². The summed E-state index contributed by atoms with van der Waals surface area (Å²) in [7, 11) is 0. The number of fused-ring (bicyclic) bond motifs is 1. The Kier molecular flexibility index (Phi) is 6.84. The van der Waals surface area contributed by atoms with Crippen LogP contribution >= 0.6 is 15.9 Å². The molecule has 1 unspecified atom stereocenters. The van der Waals surface area contributed by atoms with E-state index in [4.69, 9.17) is 9.15 Å². The molecule has 0 aliphatic rings. The molecule has 30 heavy (non-hydrogen) atoms. The molecule has 0 aliphatic carbocycles. The first-order chi connectivity index (χ1) is 14.7. The molecule has 1 aromatic heterocycles. The molecule has 1 N–H and O–H groups in total. The molecule has 0 bridgehead atoms. The van der Waals surface area contributed by atoms with Gasteiger partial charge in [0.2, 0.25) is 0 Å². The van der Waals surface area contributed by atoms with Crippen molar-refractivity contribution in [3.63, 3.8) is 0 Å². The molecule has 0 saturated heterocycles. The van der Waals surface area contributed by atoms with Gasteiger partial charge in [0.15, 0.2) is 0 Å². The fourth-order valence-electron chi connectivity index (χ4n) is 3.55. The number of furan rings is 1. The Balaban J connectivity index is 1.45. The zero-order valence-electron chi connectivity index (χ0n) is 16.6. The van der Waals surface area contributed by atoms with Crippen molar-refractivity contribution in [1.82, 2.24) is 4.90 Å². The van der Waals surface area contributed by atoms with Crippen LogP contribution in [0.25, 0.3) is 10.8 Å². The van der Waals surface area contributed by atoms with Crippen LogP contribution in [0.1, 0.15) is 11.3 Å². The van der Waals surface area contributed by atoms with Crippen molar-refractivity contribution in [1.29, 1.82) is 0 Å². The average molecular weight is 466 g/mol. The normalized spacial score (nSPS) is 12.4. The standard InChI is InChI=1S/C25H24BrNO3/c26-21-10-12-23(13-11-21)30-18-22(28)16-27(17-24-8-4-14-29-24)15-20-7-3-6-19-5-1-2-9-25(19)20/h1-14,22,28H,15-18H2. The van der Waals surface area contributed by atoms with E-state index in [1.807, 2.05) is 36.4 Å². The van der Waals surface area contributed by atoms with E-state index in [0.717, 1.165) is 16.0 Å². The minimum atomic E-state index is -0.626. The number of hydrogen-bond acceptors (Lipinski definition) is 4. The van der Waals surface area contributed by atoms with Crippen molar-refractivity contribution < 1.29 is 14.3 Å². The molecule has 0 spiro atoms. The molecule has 4 rings (SSSR count). The smallest absolute Gasteiger partial charge is 0.119 e. The summed E-state index contributed by atoms with van der Waals surface area (Å²) in [6.45, 7) is 2.02. The topological polar surface area (TPSA) is 45.8 Å². The van der Waals surface area contributed by atoms with Crippen LogP contribution < -0.4 is 4.74 Å². The van der Waals surface area contributed by atoms with E-state index in [9.17, 15) is 5.11 Å². The van der Waals surface area contributed by atoms with Gasteiger partial charge in [-0.1, -0.05) is 58.4 Å². The van der Waals surface area contributed by atoms with Crippen LogP contribution in [0, 0.1) is 0 Å². The Morgan fingerprint density at radius 1 is 0.900 bits per heavy atom. The molecule has 5 heteroatoms. The number of ether oxygens (including phenoxy) is 1. The summed E-state index contributed by atoms with van der Waals surface area (Å²) in [5.41, 5.74) is 1.22. The summed E-state index contributed by atoms with van der Waals surface area (Å²) < 4.78 is 12.3. The van der Waals surface area contributed by atoms with Gasteiger partial charge >= 0.3 is 0 Å². The second-order valence-electron chi connectivity index (χ2n) is 7.31. The molecule has 4 nitrogen and oxygen atoms in total. The molecular weight excluding hydrogens is 442 g/mol. The van der Waals surface area contributed by atoms with Crippen molar-refractivity contribution in [3.8, 4) is 5.75 Å². The van der Waals surface area contributed by atoms with Gasteiger partial charge in [-0.15, -0.1) is 0 Å². The summed E-state index contributed by atoms with van der Waals surface area (Å²) >= 11 is 3.41. The Morgan fingerprint density at radius 3 is 2.50 bits per heavy atom. The van der Waals surface area contributed by atoms with E-state index < -0.39 is 6.10 Å². The van der Waals surface area contributed by atoms with Crippen LogP contribution in [0.5, 0.6) is 5.75 Å². The van der Waals surface area contributed by atoms with Gasteiger partial charge in [0, 0.05) is 17.6 Å². The first-order valence-electron chi connectivity index (χ1n) is 9.95. The van der Waals surface area contributed by atoms with Gasteiger partial charge in [0.1, 0.15) is 24.2 Å². The number of aliphatic hydroxyl groups excluding tert-OH is 1. The second-order valence-corrected chi connectivity index (χ2v) is 8.22. The third-order valence-corrected chi connectivity index (χ3v) is 5.49. The number of aliphatic hydroxyl groups is 1. The Hall–Kier alpha value is -2.60. The average Bonchev–Trinajstić information content (AvgIpc) is 3.27. The van der Waals surface area contributed by atoms with Gasteiger partial charge in [0.25, 0.3) is 0 Å². The molecule has 1 heterocycles. The molecule has 0 aliphatic heterocycles. The van der Waals surface area contributed by atoms with Crippen LogP contribution in [0.4, 0.5) is 0 Å². The lowest BCUT2D eigenvalue weighted by Crippen LogP contribution is -2.35. The van der Waals surface area contributed by atoms with E-state index in [1.165, 1.54) is 16.3 Å². The Morgan fingerprint density at radius 2 is 1.70 bits per heavy atom. The Labute approximate surface area is 184 Å². The van der Waals surface area contributed by atoms with E-state index in [-0.39, 0.29) is 6.61 Å². The lowest BCUT2D eigenvalue weighted by Gasteiger charge is -2.25. The van der Waals surface area contributed by atoms with Crippen molar-refractivity contribution in [3.05, 3.63) is 101 Å². The molecule has 3 aromatic carbocycles. The van der Waals surface area contributed by atoms with Crippen molar-refractivity contribution in [2.45, 2.75) is 19.2 Å². The zero-order valence-corrected chi connectivity index (χ0v) is 18.2. The number of nitrogens with zero attached hydrogens (tertiary/aromatic N) is 1.